The van der Waals surface area contributed by atoms with E-state index in [0.717, 1.165) is 5.71 Å². The molecule has 0 aromatic heterocycles. The lowest BCUT2D eigenvalue weighted by atomic mass is 9.70. The Bertz CT molecular complexity index is 1130. The summed E-state index contributed by atoms with van der Waals surface area (Å²) >= 11 is 0. The highest BCUT2D eigenvalue weighted by Gasteiger charge is 2.30. The van der Waals surface area contributed by atoms with Crippen molar-refractivity contribution in [2.45, 2.75) is 66.2 Å². The molecule has 0 saturated heterocycles. The molecule has 0 atom stereocenters. The first-order valence-corrected chi connectivity index (χ1v) is 11.1. The van der Waals surface area contributed by atoms with Crippen molar-refractivity contribution < 1.29 is 0 Å². The Kier molecular flexibility index (Phi) is 4.21. The van der Waals surface area contributed by atoms with Crippen LogP contribution in [0.4, 0.5) is 5.69 Å². The minimum Gasteiger partial charge on any atom is -0.247 e. The van der Waals surface area contributed by atoms with Crippen molar-refractivity contribution in [3.63, 3.8) is 0 Å². The molecule has 2 aliphatic rings. The molecule has 0 spiro atoms. The third-order valence-electron chi connectivity index (χ3n) is 7.14. The van der Waals surface area contributed by atoms with E-state index in [1.165, 1.54) is 75.5 Å². The smallest absolute Gasteiger partial charge is 0.0789 e. The van der Waals surface area contributed by atoms with Gasteiger partial charge in [-0.1, -0.05) is 55.3 Å². The number of hydrogen-bond acceptors (Lipinski definition) is 1. The van der Waals surface area contributed by atoms with Crippen molar-refractivity contribution in [2.75, 3.05) is 0 Å². The molecule has 1 heterocycles. The Balaban J connectivity index is 1.65. The van der Waals surface area contributed by atoms with Crippen LogP contribution in [0, 0.1) is 26.2 Å². The van der Waals surface area contributed by atoms with E-state index in [9.17, 15) is 0 Å². The summed E-state index contributed by atoms with van der Waals surface area (Å²) in [6, 6.07) is 16.2. The number of hydrogen-bond donors (Lipinski definition) is 0. The minimum atomic E-state index is 0.501. The zero-order chi connectivity index (χ0) is 20.3. The van der Waals surface area contributed by atoms with E-state index in [-0.39, 0.29) is 0 Å². The lowest BCUT2D eigenvalue weighted by Crippen LogP contribution is -2.20. The predicted octanol–water partition coefficient (Wildman–Crippen LogP) is 7.93. The van der Waals surface area contributed by atoms with Gasteiger partial charge in [-0.15, -0.1) is 0 Å². The van der Waals surface area contributed by atoms with Crippen molar-refractivity contribution in [1.82, 2.24) is 0 Å². The molecule has 1 aliphatic heterocycles. The summed E-state index contributed by atoms with van der Waals surface area (Å²) in [6.45, 7) is 11.4. The molecule has 0 radical (unpaired) electrons. The van der Waals surface area contributed by atoms with Crippen LogP contribution in [-0.4, -0.2) is 5.71 Å². The molecule has 0 amide bonds. The van der Waals surface area contributed by atoms with Gasteiger partial charge in [0.2, 0.25) is 0 Å². The van der Waals surface area contributed by atoms with Gasteiger partial charge in [0.05, 0.1) is 11.4 Å². The van der Waals surface area contributed by atoms with Gasteiger partial charge in [0.1, 0.15) is 0 Å². The monoisotopic (exact) mass is 381 g/mol. The zero-order valence-corrected chi connectivity index (χ0v) is 18.4. The molecule has 0 unspecified atom stereocenters. The molecule has 1 saturated carbocycles. The fourth-order valence-corrected chi connectivity index (χ4v) is 5.47. The van der Waals surface area contributed by atoms with Crippen LogP contribution in [0.3, 0.4) is 0 Å². The van der Waals surface area contributed by atoms with E-state index in [4.69, 9.17) is 4.99 Å². The first-order chi connectivity index (χ1) is 13.8. The van der Waals surface area contributed by atoms with Gasteiger partial charge < -0.3 is 0 Å². The number of nitrogens with zero attached hydrogens (tertiary/aromatic N) is 1. The first kappa shape index (κ1) is 18.6. The van der Waals surface area contributed by atoms with Crippen molar-refractivity contribution >= 4 is 22.2 Å². The van der Waals surface area contributed by atoms with Crippen LogP contribution in [0.25, 0.3) is 10.8 Å². The van der Waals surface area contributed by atoms with E-state index in [2.05, 4.69) is 77.1 Å². The van der Waals surface area contributed by atoms with Gasteiger partial charge in [0, 0.05) is 16.5 Å². The second-order valence-corrected chi connectivity index (χ2v) is 10.1. The molecular weight excluding hydrogens is 350 g/mol. The van der Waals surface area contributed by atoms with Gasteiger partial charge in [-0.3, -0.25) is 0 Å². The Morgan fingerprint density at radius 3 is 2.24 bits per heavy atom. The predicted molar refractivity (Wildman–Crippen MR) is 125 cm³/mol. The highest BCUT2D eigenvalue weighted by Crippen LogP contribution is 2.47. The van der Waals surface area contributed by atoms with Crippen LogP contribution in [0.15, 0.2) is 47.5 Å². The molecule has 5 rings (SSSR count). The van der Waals surface area contributed by atoms with E-state index in [1.54, 1.807) is 0 Å². The van der Waals surface area contributed by atoms with Crippen LogP contribution in [0.5, 0.6) is 0 Å². The molecule has 148 valence electrons. The number of benzene rings is 3. The summed E-state index contributed by atoms with van der Waals surface area (Å²) < 4.78 is 0. The van der Waals surface area contributed by atoms with E-state index < -0.39 is 0 Å². The Hall–Kier alpha value is -2.41. The molecule has 0 bridgehead atoms. The molecule has 1 nitrogen and oxygen atoms in total. The molecule has 29 heavy (non-hydrogen) atoms. The summed E-state index contributed by atoms with van der Waals surface area (Å²) in [5.41, 5.74) is 10.8. The molecule has 3 aromatic carbocycles. The number of aryl methyl sites for hydroxylation is 3. The third-order valence-corrected chi connectivity index (χ3v) is 7.14. The fraction of sp³-hybridized carbons (Fsp3) is 0.393. The second kappa shape index (κ2) is 6.55. The van der Waals surface area contributed by atoms with Gasteiger partial charge in [0.25, 0.3) is 0 Å². The van der Waals surface area contributed by atoms with E-state index in [0.29, 0.717) is 11.3 Å². The average molecular weight is 382 g/mol. The third kappa shape index (κ3) is 3.12. The van der Waals surface area contributed by atoms with Gasteiger partial charge >= 0.3 is 0 Å². The summed E-state index contributed by atoms with van der Waals surface area (Å²) in [5, 5.41) is 2.80. The summed E-state index contributed by atoms with van der Waals surface area (Å²) in [6.07, 6.45) is 5.25. The second-order valence-electron chi connectivity index (χ2n) is 10.1. The molecule has 1 fully saturated rings. The maximum Gasteiger partial charge on any atom is 0.0789 e. The summed E-state index contributed by atoms with van der Waals surface area (Å²) in [5.74, 6) is 0.679. The van der Waals surface area contributed by atoms with Gasteiger partial charge in [-0.25, -0.2) is 4.99 Å². The molecule has 0 N–H and O–H groups in total. The van der Waals surface area contributed by atoms with Crippen LogP contribution in [0.2, 0.25) is 0 Å². The van der Waals surface area contributed by atoms with Crippen molar-refractivity contribution in [2.24, 2.45) is 10.4 Å². The molecule has 1 aliphatic carbocycles. The zero-order valence-electron chi connectivity index (χ0n) is 18.4. The minimum absolute atomic E-state index is 0.501. The highest BCUT2D eigenvalue weighted by molar-refractivity contribution is 6.27. The molecule has 3 aromatic rings. The topological polar surface area (TPSA) is 12.4 Å². The average Bonchev–Trinajstić information content (AvgIpc) is 3.05. The maximum atomic E-state index is 5.17. The van der Waals surface area contributed by atoms with Crippen molar-refractivity contribution in [1.29, 1.82) is 0 Å². The normalized spacial score (nSPS) is 18.3. The molecule has 1 heteroatoms. The SMILES string of the molecule is Cc1cc(C)cc(C2=Nc3c(C)ccc4c(C5CCC(C)(C)CC5)ccc2c34)c1. The lowest BCUT2D eigenvalue weighted by molar-refractivity contribution is 0.225. The quantitative estimate of drug-likeness (QED) is 0.334. The van der Waals surface area contributed by atoms with E-state index >= 15 is 0 Å². The van der Waals surface area contributed by atoms with Crippen LogP contribution in [0.1, 0.15) is 78.8 Å². The van der Waals surface area contributed by atoms with Gasteiger partial charge in [-0.05, 0) is 86.4 Å². The lowest BCUT2D eigenvalue weighted by Gasteiger charge is -2.35. The van der Waals surface area contributed by atoms with Gasteiger partial charge in [0.15, 0.2) is 0 Å². The highest BCUT2D eigenvalue weighted by atomic mass is 14.8. The van der Waals surface area contributed by atoms with Crippen molar-refractivity contribution in [3.8, 4) is 0 Å². The fourth-order valence-electron chi connectivity index (χ4n) is 5.47. The molecular formula is C28H31N. The van der Waals surface area contributed by atoms with Crippen LogP contribution >= 0.6 is 0 Å². The van der Waals surface area contributed by atoms with Crippen molar-refractivity contribution in [3.05, 3.63) is 75.8 Å². The summed E-state index contributed by atoms with van der Waals surface area (Å²) in [7, 11) is 0. The van der Waals surface area contributed by atoms with Gasteiger partial charge in [-0.2, -0.15) is 0 Å². The Morgan fingerprint density at radius 2 is 1.55 bits per heavy atom. The van der Waals surface area contributed by atoms with Crippen LogP contribution < -0.4 is 0 Å². The summed E-state index contributed by atoms with van der Waals surface area (Å²) in [4.78, 5) is 5.17. The standard InChI is InChI=1S/C28H31N/c1-17-14-18(2)16-21(15-17)27-24-9-8-22(20-10-12-28(4,5)13-11-20)23-7-6-19(3)26(29-27)25(23)24/h6-9,14-16,20H,10-13H2,1-5H3. The first-order valence-electron chi connectivity index (χ1n) is 11.1. The maximum absolute atomic E-state index is 5.17. The number of rotatable bonds is 2. The van der Waals surface area contributed by atoms with E-state index in [1.807, 2.05) is 0 Å². The van der Waals surface area contributed by atoms with Crippen LogP contribution in [-0.2, 0) is 0 Å². The Labute approximate surface area is 174 Å². The largest absolute Gasteiger partial charge is 0.247 e. The number of aliphatic imine (C=N–C) groups is 1. The Morgan fingerprint density at radius 1 is 0.862 bits per heavy atom.